The highest BCUT2D eigenvalue weighted by Gasteiger charge is 2.19. The van der Waals surface area contributed by atoms with Crippen molar-refractivity contribution in [2.45, 2.75) is 0 Å². The highest BCUT2D eigenvalue weighted by Crippen LogP contribution is 2.46. The molecule has 8 heterocycles. The van der Waals surface area contributed by atoms with Gasteiger partial charge >= 0.3 is 0 Å². The van der Waals surface area contributed by atoms with Gasteiger partial charge in [0.15, 0.2) is 32.9 Å². The van der Waals surface area contributed by atoms with Crippen LogP contribution in [-0.2, 0) is 0 Å². The molecule has 8 aromatic heterocycles. The molecule has 0 aliphatic heterocycles. The smallest absolute Gasteiger partial charge is 0.169 e. The van der Waals surface area contributed by atoms with E-state index in [2.05, 4.69) is 32.1 Å². The molecule has 0 aliphatic carbocycles. The topological polar surface area (TPSA) is 77.3 Å². The molecule has 0 saturated heterocycles. The summed E-state index contributed by atoms with van der Waals surface area (Å²) >= 11 is 9.70. The first-order chi connectivity index (χ1) is 18.6. The van der Waals surface area contributed by atoms with E-state index in [0.29, 0.717) is 11.6 Å². The van der Waals surface area contributed by atoms with Crippen molar-refractivity contribution in [3.63, 3.8) is 0 Å². The number of halogens is 2. The van der Waals surface area contributed by atoms with E-state index in [1.807, 2.05) is 12.1 Å². The van der Waals surface area contributed by atoms with Crippen LogP contribution in [0.2, 0.25) is 0 Å². The van der Waals surface area contributed by atoms with Gasteiger partial charge < -0.3 is 0 Å². The first kappa shape index (κ1) is 22.8. The van der Waals surface area contributed by atoms with Crippen LogP contribution < -0.4 is 0 Å². The molecule has 0 bridgehead atoms. The monoisotopic (exact) mass is 610 g/mol. The second-order valence-electron chi connectivity index (χ2n) is 8.00. The molecule has 0 spiro atoms. The van der Waals surface area contributed by atoms with Gasteiger partial charge in [-0.3, -0.25) is 0 Å². The molecule has 0 unspecified atom stereocenters. The van der Waals surface area contributed by atoms with Crippen LogP contribution in [-0.4, -0.2) is 29.9 Å². The molecule has 0 aliphatic rings. The SMILES string of the molecule is Fc1cnc(-c2cc3sc(-c4nc5sc(-c6cc7sc(-c8ncc(F)cn8)cc7s6)nc5s4)cc3s2)nc1. The van der Waals surface area contributed by atoms with Gasteiger partial charge in [0.05, 0.1) is 44.3 Å². The Bertz CT molecular complexity index is 1870. The Morgan fingerprint density at radius 1 is 0.447 bits per heavy atom. The first-order valence-corrected chi connectivity index (χ1v) is 15.8. The predicted octanol–water partition coefficient (Wildman–Crippen LogP) is 8.83. The summed E-state index contributed by atoms with van der Waals surface area (Å²) in [5, 5.41) is 1.91. The van der Waals surface area contributed by atoms with Crippen LogP contribution in [0.25, 0.3) is 69.6 Å². The minimum Gasteiger partial charge on any atom is -0.233 e. The van der Waals surface area contributed by atoms with Gasteiger partial charge in [0.25, 0.3) is 0 Å². The Morgan fingerprint density at radius 2 is 0.789 bits per heavy atom. The van der Waals surface area contributed by atoms with E-state index in [-0.39, 0.29) is 0 Å². The zero-order valence-electron chi connectivity index (χ0n) is 18.5. The van der Waals surface area contributed by atoms with E-state index in [1.165, 1.54) is 24.8 Å². The van der Waals surface area contributed by atoms with Crippen LogP contribution in [0.4, 0.5) is 8.78 Å². The number of nitrogens with zero attached hydrogens (tertiary/aromatic N) is 6. The summed E-state index contributed by atoms with van der Waals surface area (Å²) in [4.78, 5) is 32.0. The standard InChI is InChI=1S/C24H8F2N6S6/c25-9-5-27-19(28-6-9)15-1-11-13(33-15)3-17(35-11)21-31-23-24(37-21)32-22(38-23)18-4-14-12(36-18)2-16(34-14)20-29-7-10(26)8-30-20/h1-8H. The third-order valence-corrected chi connectivity index (χ3v) is 12.4. The maximum absolute atomic E-state index is 13.1. The average Bonchev–Trinajstić information content (AvgIpc) is 3.70. The van der Waals surface area contributed by atoms with Crippen LogP contribution in [0, 0.1) is 11.6 Å². The van der Waals surface area contributed by atoms with Gasteiger partial charge in [-0.1, -0.05) is 22.7 Å². The summed E-state index contributed by atoms with van der Waals surface area (Å²) in [6.45, 7) is 0. The molecular formula is C24H8F2N6S6. The van der Waals surface area contributed by atoms with Crippen molar-refractivity contribution in [2.24, 2.45) is 0 Å². The van der Waals surface area contributed by atoms with Crippen LogP contribution in [0.3, 0.4) is 0 Å². The van der Waals surface area contributed by atoms with Gasteiger partial charge in [-0.2, -0.15) is 0 Å². The number of hydrogen-bond acceptors (Lipinski definition) is 12. The zero-order valence-corrected chi connectivity index (χ0v) is 23.4. The number of hydrogen-bond donors (Lipinski definition) is 0. The molecule has 0 aromatic carbocycles. The van der Waals surface area contributed by atoms with Crippen molar-refractivity contribution in [3.8, 4) is 41.2 Å². The Labute approximate surface area is 235 Å². The minimum atomic E-state index is -0.445. The Hall–Kier alpha value is -3.14. The van der Waals surface area contributed by atoms with Crippen molar-refractivity contribution in [1.29, 1.82) is 0 Å². The van der Waals surface area contributed by atoms with E-state index in [0.717, 1.165) is 58.0 Å². The van der Waals surface area contributed by atoms with Gasteiger partial charge in [-0.15, -0.1) is 45.3 Å². The van der Waals surface area contributed by atoms with Gasteiger partial charge in [0.1, 0.15) is 10.0 Å². The Morgan fingerprint density at radius 3 is 1.18 bits per heavy atom. The normalized spacial score (nSPS) is 11.9. The van der Waals surface area contributed by atoms with Crippen molar-refractivity contribution >= 4 is 96.5 Å². The summed E-state index contributed by atoms with van der Waals surface area (Å²) in [5.74, 6) is 0.169. The predicted molar refractivity (Wildman–Crippen MR) is 155 cm³/mol. The fraction of sp³-hybridized carbons (Fsp3) is 0. The zero-order chi connectivity index (χ0) is 25.4. The summed E-state index contributed by atoms with van der Waals surface area (Å²) in [5.41, 5.74) is 0. The van der Waals surface area contributed by atoms with Crippen LogP contribution in [0.1, 0.15) is 0 Å². The maximum atomic E-state index is 13.1. The molecule has 0 amide bonds. The summed E-state index contributed by atoms with van der Waals surface area (Å²) < 4.78 is 30.8. The molecule has 0 atom stereocenters. The summed E-state index contributed by atoms with van der Waals surface area (Å²) in [6, 6.07) is 8.36. The molecule has 6 nitrogen and oxygen atoms in total. The maximum Gasteiger partial charge on any atom is 0.169 e. The van der Waals surface area contributed by atoms with Crippen molar-refractivity contribution < 1.29 is 8.78 Å². The molecule has 184 valence electrons. The van der Waals surface area contributed by atoms with E-state index >= 15 is 0 Å². The van der Waals surface area contributed by atoms with E-state index in [4.69, 9.17) is 9.97 Å². The summed E-state index contributed by atoms with van der Waals surface area (Å²) in [7, 11) is 0. The van der Waals surface area contributed by atoms with Crippen LogP contribution in [0.5, 0.6) is 0 Å². The van der Waals surface area contributed by atoms with Gasteiger partial charge in [-0.05, 0) is 24.3 Å². The second-order valence-corrected chi connectivity index (χ2v) is 14.3. The third-order valence-electron chi connectivity index (χ3n) is 5.49. The lowest BCUT2D eigenvalue weighted by Crippen LogP contribution is -1.86. The second kappa shape index (κ2) is 8.69. The van der Waals surface area contributed by atoms with Crippen molar-refractivity contribution in [1.82, 2.24) is 29.9 Å². The fourth-order valence-electron chi connectivity index (χ4n) is 3.83. The number of aromatic nitrogens is 6. The van der Waals surface area contributed by atoms with E-state index in [9.17, 15) is 8.78 Å². The lowest BCUT2D eigenvalue weighted by Gasteiger charge is -1.94. The number of thiophene rings is 4. The Balaban J connectivity index is 1.07. The van der Waals surface area contributed by atoms with Crippen molar-refractivity contribution in [2.75, 3.05) is 0 Å². The van der Waals surface area contributed by atoms with Gasteiger partial charge in [0, 0.05) is 18.8 Å². The summed E-state index contributed by atoms with van der Waals surface area (Å²) in [6.07, 6.45) is 4.74. The lowest BCUT2D eigenvalue weighted by atomic mass is 10.4. The third kappa shape index (κ3) is 3.87. The number of rotatable bonds is 4. The largest absolute Gasteiger partial charge is 0.233 e. The average molecular weight is 611 g/mol. The number of thiazole rings is 2. The Kier molecular flexibility index (Phi) is 5.22. The van der Waals surface area contributed by atoms with Gasteiger partial charge in [0.2, 0.25) is 0 Å². The molecule has 0 fully saturated rings. The quantitative estimate of drug-likeness (QED) is 0.198. The molecule has 0 saturated carbocycles. The highest BCUT2D eigenvalue weighted by atomic mass is 32.1. The van der Waals surface area contributed by atoms with E-state index < -0.39 is 11.6 Å². The molecule has 0 N–H and O–H groups in total. The molecular weight excluding hydrogens is 603 g/mol. The molecule has 38 heavy (non-hydrogen) atoms. The molecule has 8 rings (SSSR count). The van der Waals surface area contributed by atoms with Crippen LogP contribution >= 0.6 is 68.0 Å². The van der Waals surface area contributed by atoms with Crippen molar-refractivity contribution in [3.05, 3.63) is 60.7 Å². The molecule has 8 aromatic rings. The van der Waals surface area contributed by atoms with E-state index in [1.54, 1.807) is 68.0 Å². The number of fused-ring (bicyclic) bond motifs is 3. The molecule has 0 radical (unpaired) electrons. The lowest BCUT2D eigenvalue weighted by molar-refractivity contribution is 0.614. The first-order valence-electron chi connectivity index (χ1n) is 10.9. The fourth-order valence-corrected chi connectivity index (χ4v) is 10.7. The molecule has 14 heteroatoms. The van der Waals surface area contributed by atoms with Gasteiger partial charge in [-0.25, -0.2) is 38.7 Å². The highest BCUT2D eigenvalue weighted by molar-refractivity contribution is 7.35. The minimum absolute atomic E-state index is 0.445. The van der Waals surface area contributed by atoms with Crippen LogP contribution in [0.15, 0.2) is 49.1 Å².